The summed E-state index contributed by atoms with van der Waals surface area (Å²) < 4.78 is 5.52. The van der Waals surface area contributed by atoms with E-state index in [-0.39, 0.29) is 5.91 Å². The molecule has 4 rings (SSSR count). The molecule has 3 heterocycles. The Labute approximate surface area is 161 Å². The van der Waals surface area contributed by atoms with Gasteiger partial charge in [0.25, 0.3) is 5.91 Å². The molecule has 0 fully saturated rings. The first-order chi connectivity index (χ1) is 13.7. The molecule has 0 atom stereocenters. The van der Waals surface area contributed by atoms with Gasteiger partial charge in [-0.15, -0.1) is 0 Å². The number of methoxy groups -OCH3 is 1. The van der Waals surface area contributed by atoms with Gasteiger partial charge in [-0.3, -0.25) is 9.89 Å². The van der Waals surface area contributed by atoms with Crippen molar-refractivity contribution in [2.45, 2.75) is 0 Å². The molecule has 0 radical (unpaired) electrons. The number of carbonyl (C=O) groups is 1. The number of pyridine rings is 2. The van der Waals surface area contributed by atoms with E-state index in [4.69, 9.17) is 4.74 Å². The number of aromatic nitrogens is 4. The van der Waals surface area contributed by atoms with Crippen molar-refractivity contribution in [2.24, 2.45) is 0 Å². The summed E-state index contributed by atoms with van der Waals surface area (Å²) in [6.07, 6.45) is 5.29. The third kappa shape index (κ3) is 3.35. The summed E-state index contributed by atoms with van der Waals surface area (Å²) in [5.41, 5.74) is 3.75. The van der Waals surface area contributed by atoms with Gasteiger partial charge in [-0.05, 0) is 29.8 Å². The standard InChI is InChI=1S/C20H18N6O2/c1-21-20(27)16-6-4-13-9-22-19(8-17(13)25-16)26-15-5-3-12(7-18(15)28-2)14-10-23-24-11-14/h3-11H,1-2H3,(H,21,27)(H,22,26)(H,23,24). The molecule has 1 amide bonds. The Morgan fingerprint density at radius 3 is 2.75 bits per heavy atom. The number of ether oxygens (including phenoxy) is 1. The second-order valence-corrected chi connectivity index (χ2v) is 6.06. The summed E-state index contributed by atoms with van der Waals surface area (Å²) in [5, 5.41) is 13.4. The molecule has 0 aliphatic heterocycles. The molecule has 0 aliphatic carbocycles. The van der Waals surface area contributed by atoms with Crippen molar-refractivity contribution in [1.29, 1.82) is 0 Å². The van der Waals surface area contributed by atoms with Crippen LogP contribution >= 0.6 is 0 Å². The maximum Gasteiger partial charge on any atom is 0.269 e. The maximum absolute atomic E-state index is 11.8. The lowest BCUT2D eigenvalue weighted by Crippen LogP contribution is -2.19. The van der Waals surface area contributed by atoms with Crippen LogP contribution in [0.3, 0.4) is 0 Å². The number of amides is 1. The number of benzene rings is 1. The molecular weight excluding hydrogens is 356 g/mol. The second-order valence-electron chi connectivity index (χ2n) is 6.06. The monoisotopic (exact) mass is 374 g/mol. The highest BCUT2D eigenvalue weighted by Crippen LogP contribution is 2.32. The number of nitrogens with zero attached hydrogens (tertiary/aromatic N) is 3. The molecule has 3 N–H and O–H groups in total. The SMILES string of the molecule is CNC(=O)c1ccc2cnc(Nc3ccc(-c4cn[nH]c4)cc3OC)cc2n1. The van der Waals surface area contributed by atoms with Gasteiger partial charge >= 0.3 is 0 Å². The summed E-state index contributed by atoms with van der Waals surface area (Å²) in [6.45, 7) is 0. The van der Waals surface area contributed by atoms with Gasteiger partial charge in [-0.25, -0.2) is 9.97 Å². The van der Waals surface area contributed by atoms with Crippen molar-refractivity contribution in [2.75, 3.05) is 19.5 Å². The lowest BCUT2D eigenvalue weighted by atomic mass is 10.1. The Hall–Kier alpha value is -3.94. The second kappa shape index (κ2) is 7.36. The van der Waals surface area contributed by atoms with E-state index in [1.807, 2.05) is 30.5 Å². The van der Waals surface area contributed by atoms with Crippen LogP contribution in [0.4, 0.5) is 11.5 Å². The van der Waals surface area contributed by atoms with E-state index in [0.29, 0.717) is 22.8 Å². The Morgan fingerprint density at radius 1 is 1.11 bits per heavy atom. The van der Waals surface area contributed by atoms with Crippen LogP contribution in [-0.4, -0.2) is 40.2 Å². The van der Waals surface area contributed by atoms with Crippen LogP contribution in [0.25, 0.3) is 22.0 Å². The van der Waals surface area contributed by atoms with Gasteiger partial charge in [-0.1, -0.05) is 6.07 Å². The number of carbonyl (C=O) groups excluding carboxylic acids is 1. The Balaban J connectivity index is 1.66. The van der Waals surface area contributed by atoms with Crippen LogP contribution in [0.5, 0.6) is 5.75 Å². The van der Waals surface area contributed by atoms with Crippen molar-refractivity contribution < 1.29 is 9.53 Å². The Morgan fingerprint density at radius 2 is 2.00 bits per heavy atom. The van der Waals surface area contributed by atoms with Gasteiger partial charge in [0.1, 0.15) is 17.3 Å². The third-order valence-corrected chi connectivity index (χ3v) is 4.33. The van der Waals surface area contributed by atoms with E-state index in [1.54, 1.807) is 38.7 Å². The number of hydrogen-bond acceptors (Lipinski definition) is 6. The molecule has 0 bridgehead atoms. The maximum atomic E-state index is 11.8. The average molecular weight is 374 g/mol. The number of anilines is 2. The molecule has 140 valence electrons. The molecule has 28 heavy (non-hydrogen) atoms. The molecule has 8 heteroatoms. The number of fused-ring (bicyclic) bond motifs is 1. The first-order valence-corrected chi connectivity index (χ1v) is 8.61. The fourth-order valence-corrected chi connectivity index (χ4v) is 2.86. The summed E-state index contributed by atoms with van der Waals surface area (Å²) >= 11 is 0. The first kappa shape index (κ1) is 17.5. The van der Waals surface area contributed by atoms with E-state index in [2.05, 4.69) is 30.8 Å². The molecule has 8 nitrogen and oxygen atoms in total. The van der Waals surface area contributed by atoms with Gasteiger partial charge in [0.2, 0.25) is 0 Å². The van der Waals surface area contributed by atoms with Crippen molar-refractivity contribution in [3.63, 3.8) is 0 Å². The Bertz CT molecular complexity index is 1140. The van der Waals surface area contributed by atoms with E-state index in [9.17, 15) is 4.79 Å². The fourth-order valence-electron chi connectivity index (χ4n) is 2.86. The Kier molecular flexibility index (Phi) is 4.59. The van der Waals surface area contributed by atoms with Crippen molar-refractivity contribution >= 4 is 28.3 Å². The van der Waals surface area contributed by atoms with Crippen molar-refractivity contribution in [3.8, 4) is 16.9 Å². The molecular formula is C20H18N6O2. The largest absolute Gasteiger partial charge is 0.495 e. The molecule has 0 saturated heterocycles. The van der Waals surface area contributed by atoms with Gasteiger partial charge in [0.05, 0.1) is 24.5 Å². The van der Waals surface area contributed by atoms with Crippen molar-refractivity contribution in [1.82, 2.24) is 25.5 Å². The predicted molar refractivity (Wildman–Crippen MR) is 107 cm³/mol. The third-order valence-electron chi connectivity index (χ3n) is 4.33. The van der Waals surface area contributed by atoms with Gasteiger partial charge in [0.15, 0.2) is 0 Å². The minimum atomic E-state index is -0.232. The molecule has 1 aromatic carbocycles. The number of nitrogens with one attached hydrogen (secondary N) is 3. The zero-order valence-corrected chi connectivity index (χ0v) is 15.4. The van der Waals surface area contributed by atoms with Crippen LogP contribution in [0, 0.1) is 0 Å². The van der Waals surface area contributed by atoms with Gasteiger partial charge in [-0.2, -0.15) is 5.10 Å². The normalized spacial score (nSPS) is 10.6. The highest BCUT2D eigenvalue weighted by Gasteiger charge is 2.10. The van der Waals surface area contributed by atoms with E-state index in [1.165, 1.54) is 0 Å². The van der Waals surface area contributed by atoms with E-state index in [0.717, 1.165) is 22.2 Å². The molecule has 0 aliphatic rings. The fraction of sp³-hybridized carbons (Fsp3) is 0.100. The molecule has 0 spiro atoms. The predicted octanol–water partition coefficient (Wildman–Crippen LogP) is 3.13. The summed E-state index contributed by atoms with van der Waals surface area (Å²) in [7, 11) is 3.19. The summed E-state index contributed by atoms with van der Waals surface area (Å²) in [6, 6.07) is 11.1. The lowest BCUT2D eigenvalue weighted by molar-refractivity contribution is 0.0958. The minimum Gasteiger partial charge on any atom is -0.495 e. The smallest absolute Gasteiger partial charge is 0.269 e. The zero-order chi connectivity index (χ0) is 19.5. The zero-order valence-electron chi connectivity index (χ0n) is 15.4. The number of rotatable bonds is 5. The summed E-state index contributed by atoms with van der Waals surface area (Å²) in [5.74, 6) is 1.04. The first-order valence-electron chi connectivity index (χ1n) is 8.61. The van der Waals surface area contributed by atoms with Crippen molar-refractivity contribution in [3.05, 3.63) is 60.7 Å². The van der Waals surface area contributed by atoms with E-state index < -0.39 is 0 Å². The highest BCUT2D eigenvalue weighted by atomic mass is 16.5. The van der Waals surface area contributed by atoms with Crippen LogP contribution in [0.1, 0.15) is 10.5 Å². The van der Waals surface area contributed by atoms with Crippen LogP contribution in [0.2, 0.25) is 0 Å². The minimum absolute atomic E-state index is 0.232. The molecule has 4 aromatic rings. The lowest BCUT2D eigenvalue weighted by Gasteiger charge is -2.12. The van der Waals surface area contributed by atoms with Gasteiger partial charge in [0, 0.05) is 36.5 Å². The topological polar surface area (TPSA) is 105 Å². The molecule has 0 saturated carbocycles. The number of H-pyrrole nitrogens is 1. The number of aromatic amines is 1. The number of hydrogen-bond donors (Lipinski definition) is 3. The van der Waals surface area contributed by atoms with Gasteiger partial charge < -0.3 is 15.4 Å². The quantitative estimate of drug-likeness (QED) is 0.496. The average Bonchev–Trinajstić information content (AvgIpc) is 3.28. The van der Waals surface area contributed by atoms with E-state index >= 15 is 0 Å². The van der Waals surface area contributed by atoms with Crippen LogP contribution in [-0.2, 0) is 0 Å². The molecule has 3 aromatic heterocycles. The van der Waals surface area contributed by atoms with Crippen LogP contribution in [0.15, 0.2) is 55.0 Å². The summed E-state index contributed by atoms with van der Waals surface area (Å²) in [4.78, 5) is 20.6. The highest BCUT2D eigenvalue weighted by molar-refractivity contribution is 5.95. The van der Waals surface area contributed by atoms with Crippen LogP contribution < -0.4 is 15.4 Å². The molecule has 0 unspecified atom stereocenters.